The highest BCUT2D eigenvalue weighted by atomic mass is 32.1. The molecule has 0 aromatic carbocycles. The quantitative estimate of drug-likeness (QED) is 0.831. The van der Waals surface area contributed by atoms with Gasteiger partial charge in [-0.25, -0.2) is 4.98 Å². The number of aromatic amines is 1. The summed E-state index contributed by atoms with van der Waals surface area (Å²) >= 11 is 1.49. The average molecular weight is 279 g/mol. The van der Waals surface area contributed by atoms with Gasteiger partial charge in [0, 0.05) is 23.6 Å². The number of thiazole rings is 1. The molecule has 0 aliphatic rings. The number of carbonyl (C=O) groups excluding carboxylic acids is 1. The first-order chi connectivity index (χ1) is 9.15. The minimum Gasteiger partial charge on any atom is -0.459 e. The fourth-order valence-corrected chi connectivity index (χ4v) is 2.03. The van der Waals surface area contributed by atoms with Gasteiger partial charge in [-0.3, -0.25) is 14.7 Å². The van der Waals surface area contributed by atoms with Crippen molar-refractivity contribution >= 4 is 17.3 Å². The third-order valence-electron chi connectivity index (χ3n) is 2.44. The molecule has 0 aliphatic carbocycles. The van der Waals surface area contributed by atoms with E-state index in [1.807, 2.05) is 5.38 Å². The summed E-state index contributed by atoms with van der Waals surface area (Å²) in [7, 11) is 0. The van der Waals surface area contributed by atoms with Crippen LogP contribution in [0.2, 0.25) is 0 Å². The number of aromatic nitrogens is 3. The van der Waals surface area contributed by atoms with Gasteiger partial charge in [-0.05, 0) is 6.92 Å². The van der Waals surface area contributed by atoms with Gasteiger partial charge in [0.2, 0.25) is 5.43 Å². The van der Waals surface area contributed by atoms with Gasteiger partial charge in [-0.2, -0.15) is 5.10 Å². The Hall–Kier alpha value is -2.02. The number of hydrogen-bond donors (Lipinski definition) is 1. The van der Waals surface area contributed by atoms with Crippen molar-refractivity contribution in [2.75, 3.05) is 0 Å². The van der Waals surface area contributed by atoms with Crippen molar-refractivity contribution in [2.24, 2.45) is 0 Å². The standard InChI is InChI=1S/C12H13N3O3S/c1-8-4-11(16)10(15-14-8)5-18-12(17)3-2-9-6-19-7-13-9/h4,6-7H,2-3,5H2,1H3,(H,14,16). The molecule has 0 radical (unpaired) electrons. The lowest BCUT2D eigenvalue weighted by Crippen LogP contribution is -2.16. The number of aryl methyl sites for hydroxylation is 2. The van der Waals surface area contributed by atoms with Crippen LogP contribution in [0.4, 0.5) is 0 Å². The molecule has 100 valence electrons. The van der Waals surface area contributed by atoms with Crippen LogP contribution < -0.4 is 5.43 Å². The second-order valence-electron chi connectivity index (χ2n) is 4.00. The van der Waals surface area contributed by atoms with Crippen LogP contribution >= 0.6 is 11.3 Å². The fraction of sp³-hybridized carbons (Fsp3) is 0.333. The molecule has 7 heteroatoms. The van der Waals surface area contributed by atoms with E-state index in [9.17, 15) is 9.59 Å². The lowest BCUT2D eigenvalue weighted by atomic mass is 10.2. The molecular formula is C12H13N3O3S. The van der Waals surface area contributed by atoms with Gasteiger partial charge >= 0.3 is 5.97 Å². The fourth-order valence-electron chi connectivity index (χ4n) is 1.44. The summed E-state index contributed by atoms with van der Waals surface area (Å²) in [4.78, 5) is 27.1. The van der Waals surface area contributed by atoms with Crippen LogP contribution in [-0.4, -0.2) is 21.2 Å². The Kier molecular flexibility index (Phi) is 4.40. The summed E-state index contributed by atoms with van der Waals surface area (Å²) in [6.45, 7) is 1.63. The Bertz CT molecular complexity index is 607. The first kappa shape index (κ1) is 13.4. The van der Waals surface area contributed by atoms with Gasteiger partial charge in [0.25, 0.3) is 0 Å². The van der Waals surface area contributed by atoms with Crippen LogP contribution in [-0.2, 0) is 22.6 Å². The topological polar surface area (TPSA) is 84.9 Å². The lowest BCUT2D eigenvalue weighted by molar-refractivity contribution is -0.145. The van der Waals surface area contributed by atoms with Crippen LogP contribution in [0.5, 0.6) is 0 Å². The highest BCUT2D eigenvalue weighted by Crippen LogP contribution is 2.05. The number of nitrogens with one attached hydrogen (secondary N) is 1. The van der Waals surface area contributed by atoms with Crippen molar-refractivity contribution in [3.63, 3.8) is 0 Å². The minimum absolute atomic E-state index is 0.106. The van der Waals surface area contributed by atoms with Crippen molar-refractivity contribution in [2.45, 2.75) is 26.4 Å². The zero-order valence-electron chi connectivity index (χ0n) is 10.4. The van der Waals surface area contributed by atoms with Crippen LogP contribution in [0.25, 0.3) is 0 Å². The van der Waals surface area contributed by atoms with Crippen molar-refractivity contribution in [1.82, 2.24) is 15.2 Å². The van der Waals surface area contributed by atoms with Gasteiger partial charge in [-0.1, -0.05) is 0 Å². The Morgan fingerprint density at radius 2 is 2.37 bits per heavy atom. The van der Waals surface area contributed by atoms with E-state index in [1.54, 1.807) is 12.4 Å². The van der Waals surface area contributed by atoms with Crippen LogP contribution in [0.3, 0.4) is 0 Å². The first-order valence-electron chi connectivity index (χ1n) is 5.73. The maximum Gasteiger partial charge on any atom is 0.306 e. The number of H-pyrrole nitrogens is 1. The average Bonchev–Trinajstić information content (AvgIpc) is 2.88. The Labute approximate surface area is 113 Å². The van der Waals surface area contributed by atoms with Crippen molar-refractivity contribution < 1.29 is 9.53 Å². The molecular weight excluding hydrogens is 266 g/mol. The smallest absolute Gasteiger partial charge is 0.306 e. The Morgan fingerprint density at radius 3 is 3.05 bits per heavy atom. The summed E-state index contributed by atoms with van der Waals surface area (Å²) in [6, 6.07) is 1.42. The Morgan fingerprint density at radius 1 is 1.53 bits per heavy atom. The molecule has 2 aromatic heterocycles. The van der Waals surface area contributed by atoms with E-state index in [-0.39, 0.29) is 30.1 Å². The zero-order chi connectivity index (χ0) is 13.7. The number of esters is 1. The second kappa shape index (κ2) is 6.24. The molecule has 6 nitrogen and oxygen atoms in total. The summed E-state index contributed by atoms with van der Waals surface area (Å²) in [5.41, 5.74) is 3.23. The van der Waals surface area contributed by atoms with E-state index in [4.69, 9.17) is 4.74 Å². The van der Waals surface area contributed by atoms with E-state index in [0.29, 0.717) is 12.1 Å². The van der Waals surface area contributed by atoms with Gasteiger partial charge in [-0.15, -0.1) is 11.3 Å². The predicted molar refractivity (Wildman–Crippen MR) is 69.8 cm³/mol. The molecule has 2 aromatic rings. The van der Waals surface area contributed by atoms with Gasteiger partial charge in [0.05, 0.1) is 17.6 Å². The summed E-state index contributed by atoms with van der Waals surface area (Å²) in [5.74, 6) is -0.366. The maximum absolute atomic E-state index is 11.5. The molecule has 0 saturated heterocycles. The third kappa shape index (κ3) is 3.99. The zero-order valence-corrected chi connectivity index (χ0v) is 11.2. The van der Waals surface area contributed by atoms with Gasteiger partial charge in [0.15, 0.2) is 0 Å². The predicted octanol–water partition coefficient (Wildman–Crippen LogP) is 1.21. The largest absolute Gasteiger partial charge is 0.459 e. The van der Waals surface area contributed by atoms with Crippen molar-refractivity contribution in [3.05, 3.63) is 44.3 Å². The first-order valence-corrected chi connectivity index (χ1v) is 6.67. The SMILES string of the molecule is Cc1cc(=O)c(COC(=O)CCc2cscn2)n[nH]1. The highest BCUT2D eigenvalue weighted by Gasteiger charge is 2.08. The normalized spacial score (nSPS) is 10.4. The number of hydrogen-bond acceptors (Lipinski definition) is 6. The maximum atomic E-state index is 11.5. The number of carbonyl (C=O) groups is 1. The number of nitrogens with zero attached hydrogens (tertiary/aromatic N) is 2. The number of ether oxygens (including phenoxy) is 1. The molecule has 2 heterocycles. The molecule has 0 bridgehead atoms. The molecule has 19 heavy (non-hydrogen) atoms. The van der Waals surface area contributed by atoms with E-state index < -0.39 is 0 Å². The molecule has 1 N–H and O–H groups in total. The Balaban J connectivity index is 1.81. The lowest BCUT2D eigenvalue weighted by Gasteiger charge is -2.03. The van der Waals surface area contributed by atoms with E-state index >= 15 is 0 Å². The molecule has 0 atom stereocenters. The molecule has 0 saturated carbocycles. The molecule has 0 amide bonds. The van der Waals surface area contributed by atoms with Crippen LogP contribution in [0.1, 0.15) is 23.5 Å². The highest BCUT2D eigenvalue weighted by molar-refractivity contribution is 7.07. The molecule has 0 aliphatic heterocycles. The van der Waals surface area contributed by atoms with E-state index in [1.165, 1.54) is 17.4 Å². The van der Waals surface area contributed by atoms with Gasteiger partial charge in [0.1, 0.15) is 12.3 Å². The van der Waals surface area contributed by atoms with E-state index in [0.717, 1.165) is 5.69 Å². The van der Waals surface area contributed by atoms with Crippen LogP contribution in [0.15, 0.2) is 21.8 Å². The molecule has 0 unspecified atom stereocenters. The minimum atomic E-state index is -0.366. The molecule has 0 fully saturated rings. The van der Waals surface area contributed by atoms with Crippen LogP contribution in [0, 0.1) is 6.92 Å². The van der Waals surface area contributed by atoms with Crippen molar-refractivity contribution in [1.29, 1.82) is 0 Å². The summed E-state index contributed by atoms with van der Waals surface area (Å²) in [5, 5.41) is 8.39. The third-order valence-corrected chi connectivity index (χ3v) is 3.07. The summed E-state index contributed by atoms with van der Waals surface area (Å²) < 4.78 is 5.00. The molecule has 2 rings (SSSR count). The monoisotopic (exact) mass is 279 g/mol. The second-order valence-corrected chi connectivity index (χ2v) is 4.72. The number of rotatable bonds is 5. The van der Waals surface area contributed by atoms with E-state index in [2.05, 4.69) is 15.2 Å². The summed E-state index contributed by atoms with van der Waals surface area (Å²) in [6.07, 6.45) is 0.785. The molecule has 0 spiro atoms. The van der Waals surface area contributed by atoms with Crippen molar-refractivity contribution in [3.8, 4) is 0 Å². The van der Waals surface area contributed by atoms with Gasteiger partial charge < -0.3 is 4.74 Å².